The van der Waals surface area contributed by atoms with Gasteiger partial charge >= 0.3 is 5.97 Å². The highest BCUT2D eigenvalue weighted by atomic mass is 16.5. The molecule has 0 saturated carbocycles. The topological polar surface area (TPSA) is 26.3 Å². The highest BCUT2D eigenvalue weighted by Gasteiger charge is 2.05. The van der Waals surface area contributed by atoms with E-state index in [0.717, 1.165) is 18.4 Å². The van der Waals surface area contributed by atoms with Crippen LogP contribution in [0.5, 0.6) is 0 Å². The lowest BCUT2D eigenvalue weighted by Crippen LogP contribution is -2.02. The van der Waals surface area contributed by atoms with E-state index in [4.69, 9.17) is 4.74 Å². The van der Waals surface area contributed by atoms with Gasteiger partial charge in [-0.15, -0.1) is 0 Å². The molecule has 0 saturated heterocycles. The maximum atomic E-state index is 11.1. The molecule has 0 radical (unpaired) electrons. The highest BCUT2D eigenvalue weighted by Crippen LogP contribution is 2.30. The van der Waals surface area contributed by atoms with Gasteiger partial charge in [0.1, 0.15) is 0 Å². The van der Waals surface area contributed by atoms with E-state index in [1.807, 2.05) is 6.08 Å². The molecule has 0 spiro atoms. The van der Waals surface area contributed by atoms with E-state index >= 15 is 0 Å². The Labute approximate surface area is 201 Å². The molecule has 0 atom stereocenters. The first kappa shape index (κ1) is 23.0. The number of carbonyl (C=O) groups is 1. The molecule has 0 fully saturated rings. The zero-order valence-corrected chi connectivity index (χ0v) is 19.2. The molecule has 4 aromatic rings. The van der Waals surface area contributed by atoms with Gasteiger partial charge in [0.05, 0.1) is 6.61 Å². The summed E-state index contributed by atoms with van der Waals surface area (Å²) in [5.74, 6) is -0.369. The molecule has 0 aliphatic heterocycles. The summed E-state index contributed by atoms with van der Waals surface area (Å²) in [6.45, 7) is 7.65. The van der Waals surface area contributed by atoms with Crippen LogP contribution in [-0.2, 0) is 16.0 Å². The zero-order valence-electron chi connectivity index (χ0n) is 19.2. The fourth-order valence-corrected chi connectivity index (χ4v) is 3.94. The van der Waals surface area contributed by atoms with Gasteiger partial charge in [0.25, 0.3) is 0 Å². The SMILES string of the molecule is C=CC(=O)OCCCc1ccc(-c2cccc(-c3cccc(-c4ccc(C=C)cc4)c3)c2)cc1. The molecule has 2 nitrogen and oxygen atoms in total. The van der Waals surface area contributed by atoms with Crippen molar-refractivity contribution in [3.8, 4) is 33.4 Å². The van der Waals surface area contributed by atoms with Crippen LogP contribution in [0, 0.1) is 0 Å². The third-order valence-corrected chi connectivity index (χ3v) is 5.85. The summed E-state index contributed by atoms with van der Waals surface area (Å²) in [7, 11) is 0. The van der Waals surface area contributed by atoms with Crippen molar-refractivity contribution in [2.45, 2.75) is 12.8 Å². The average Bonchev–Trinajstić information content (AvgIpc) is 2.91. The lowest BCUT2D eigenvalue weighted by atomic mass is 9.95. The van der Waals surface area contributed by atoms with Crippen LogP contribution in [0.15, 0.2) is 116 Å². The molecule has 0 aliphatic rings. The fourth-order valence-electron chi connectivity index (χ4n) is 3.94. The van der Waals surface area contributed by atoms with Crippen LogP contribution >= 0.6 is 0 Å². The largest absolute Gasteiger partial charge is 0.463 e. The number of benzene rings is 4. The molecule has 0 heterocycles. The summed E-state index contributed by atoms with van der Waals surface area (Å²) < 4.78 is 5.05. The zero-order chi connectivity index (χ0) is 23.8. The molecule has 0 aliphatic carbocycles. The van der Waals surface area contributed by atoms with Gasteiger partial charge in [0.2, 0.25) is 0 Å². The minimum Gasteiger partial charge on any atom is -0.463 e. The number of ether oxygens (including phenoxy) is 1. The van der Waals surface area contributed by atoms with E-state index in [9.17, 15) is 4.79 Å². The number of hydrogen-bond acceptors (Lipinski definition) is 2. The van der Waals surface area contributed by atoms with E-state index in [0.29, 0.717) is 6.61 Å². The van der Waals surface area contributed by atoms with Crippen molar-refractivity contribution in [2.24, 2.45) is 0 Å². The Hall–Kier alpha value is -4.17. The van der Waals surface area contributed by atoms with Gasteiger partial charge in [0, 0.05) is 6.08 Å². The Bertz CT molecular complexity index is 1280. The summed E-state index contributed by atoms with van der Waals surface area (Å²) in [4.78, 5) is 11.1. The minimum atomic E-state index is -0.369. The van der Waals surface area contributed by atoms with E-state index in [-0.39, 0.29) is 5.97 Å². The molecule has 0 aromatic heterocycles. The van der Waals surface area contributed by atoms with Crippen molar-refractivity contribution in [3.63, 3.8) is 0 Å². The summed E-state index contributed by atoms with van der Waals surface area (Å²) in [5, 5.41) is 0. The lowest BCUT2D eigenvalue weighted by Gasteiger charge is -2.09. The molecular formula is C32H28O2. The van der Waals surface area contributed by atoms with Gasteiger partial charge < -0.3 is 4.74 Å². The van der Waals surface area contributed by atoms with Crippen LogP contribution in [0.4, 0.5) is 0 Å². The van der Waals surface area contributed by atoms with Crippen molar-refractivity contribution in [1.29, 1.82) is 0 Å². The van der Waals surface area contributed by atoms with E-state index in [1.54, 1.807) is 0 Å². The van der Waals surface area contributed by atoms with Crippen LogP contribution in [0.25, 0.3) is 39.5 Å². The molecule has 0 bridgehead atoms. The maximum absolute atomic E-state index is 11.1. The lowest BCUT2D eigenvalue weighted by molar-refractivity contribution is -0.137. The van der Waals surface area contributed by atoms with E-state index in [1.165, 1.54) is 45.0 Å². The predicted molar refractivity (Wildman–Crippen MR) is 142 cm³/mol. The number of aryl methyl sites for hydroxylation is 1. The van der Waals surface area contributed by atoms with Crippen molar-refractivity contribution in [2.75, 3.05) is 6.61 Å². The molecule has 4 aromatic carbocycles. The van der Waals surface area contributed by atoms with E-state index < -0.39 is 0 Å². The first-order valence-electron chi connectivity index (χ1n) is 11.5. The second-order valence-corrected chi connectivity index (χ2v) is 8.16. The summed E-state index contributed by atoms with van der Waals surface area (Å²) in [6.07, 6.45) is 4.71. The smallest absolute Gasteiger partial charge is 0.330 e. The van der Waals surface area contributed by atoms with Gasteiger partial charge in [-0.05, 0) is 69.5 Å². The van der Waals surface area contributed by atoms with Gasteiger partial charge in [-0.3, -0.25) is 0 Å². The monoisotopic (exact) mass is 444 g/mol. The fraction of sp³-hybridized carbons (Fsp3) is 0.0938. The van der Waals surface area contributed by atoms with Gasteiger partial charge in [-0.25, -0.2) is 4.79 Å². The van der Waals surface area contributed by atoms with Crippen molar-refractivity contribution in [3.05, 3.63) is 127 Å². The van der Waals surface area contributed by atoms with Gasteiger partial charge in [-0.1, -0.05) is 104 Å². The van der Waals surface area contributed by atoms with Crippen molar-refractivity contribution >= 4 is 12.0 Å². The Kier molecular flexibility index (Phi) is 7.52. The maximum Gasteiger partial charge on any atom is 0.330 e. The number of carbonyl (C=O) groups excluding carboxylic acids is 1. The number of hydrogen-bond donors (Lipinski definition) is 0. The van der Waals surface area contributed by atoms with Crippen molar-refractivity contribution < 1.29 is 9.53 Å². The van der Waals surface area contributed by atoms with Crippen LogP contribution in [0.1, 0.15) is 17.5 Å². The first-order chi connectivity index (χ1) is 16.7. The molecule has 0 amide bonds. The third-order valence-electron chi connectivity index (χ3n) is 5.85. The Morgan fingerprint density at radius 1 is 0.676 bits per heavy atom. The minimum absolute atomic E-state index is 0.369. The average molecular weight is 445 g/mol. The molecule has 4 rings (SSSR count). The third kappa shape index (κ3) is 5.79. The predicted octanol–water partition coefficient (Wildman–Crippen LogP) is 7.99. The summed E-state index contributed by atoms with van der Waals surface area (Å²) >= 11 is 0. The van der Waals surface area contributed by atoms with Crippen LogP contribution in [0.3, 0.4) is 0 Å². The Morgan fingerprint density at radius 2 is 1.18 bits per heavy atom. The normalized spacial score (nSPS) is 10.5. The Balaban J connectivity index is 1.48. The summed E-state index contributed by atoms with van der Waals surface area (Å²) in [6, 6.07) is 34.4. The van der Waals surface area contributed by atoms with Gasteiger partial charge in [0.15, 0.2) is 0 Å². The standard InChI is InChI=1S/C32H28O2/c1-3-24-13-17-26(18-14-24)28-9-5-11-30(22-28)31-12-6-10-29(23-31)27-19-15-25(16-20-27)8-7-21-34-32(33)4-2/h3-6,9-20,22-23H,1-2,7-8,21H2. The van der Waals surface area contributed by atoms with Crippen molar-refractivity contribution in [1.82, 2.24) is 0 Å². The molecule has 2 heteroatoms. The number of rotatable bonds is 9. The quantitative estimate of drug-likeness (QED) is 0.149. The van der Waals surface area contributed by atoms with Crippen LogP contribution in [0.2, 0.25) is 0 Å². The second-order valence-electron chi connectivity index (χ2n) is 8.16. The van der Waals surface area contributed by atoms with Gasteiger partial charge in [-0.2, -0.15) is 0 Å². The summed E-state index contributed by atoms with van der Waals surface area (Å²) in [5.41, 5.74) is 9.48. The molecule has 168 valence electrons. The van der Waals surface area contributed by atoms with E-state index in [2.05, 4.69) is 110 Å². The van der Waals surface area contributed by atoms with Crippen LogP contribution in [-0.4, -0.2) is 12.6 Å². The second kappa shape index (κ2) is 11.1. The molecule has 0 N–H and O–H groups in total. The highest BCUT2D eigenvalue weighted by molar-refractivity contribution is 5.81. The molecule has 0 unspecified atom stereocenters. The molecule has 34 heavy (non-hydrogen) atoms. The Morgan fingerprint density at radius 3 is 1.68 bits per heavy atom. The number of esters is 1. The molecular weight excluding hydrogens is 416 g/mol. The van der Waals surface area contributed by atoms with Crippen LogP contribution < -0.4 is 0 Å². The first-order valence-corrected chi connectivity index (χ1v) is 11.5.